The number of hydrogen-bond acceptors (Lipinski definition) is 2. The Bertz CT molecular complexity index is 197. The van der Waals surface area contributed by atoms with Crippen molar-refractivity contribution in [2.45, 2.75) is 64.4 Å². The summed E-state index contributed by atoms with van der Waals surface area (Å²) in [5, 5.41) is 8.97. The Kier molecular flexibility index (Phi) is 6.43. The number of nitriles is 1. The molecule has 0 bridgehead atoms. The molecule has 0 aliphatic carbocycles. The first kappa shape index (κ1) is 12.5. The lowest BCUT2D eigenvalue weighted by Gasteiger charge is -2.27. The molecular weight excluding hydrogens is 186 g/mol. The zero-order valence-corrected chi connectivity index (χ0v) is 9.87. The Balaban J connectivity index is 2.10. The molecular formula is C13H23NO. The quantitative estimate of drug-likeness (QED) is 0.625. The molecule has 0 amide bonds. The van der Waals surface area contributed by atoms with Crippen LogP contribution in [0.3, 0.4) is 0 Å². The normalized spacial score (nSPS) is 26.1. The molecule has 2 heteroatoms. The maximum atomic E-state index is 8.97. The predicted octanol–water partition coefficient (Wildman–Crippen LogP) is 3.67. The number of hydrogen-bond donors (Lipinski definition) is 0. The number of rotatable bonds is 6. The van der Waals surface area contributed by atoms with Crippen LogP contribution in [0.1, 0.15) is 58.3 Å². The van der Waals surface area contributed by atoms with Crippen molar-refractivity contribution in [1.82, 2.24) is 0 Å². The Morgan fingerprint density at radius 3 is 2.80 bits per heavy atom. The molecule has 1 aliphatic rings. The highest BCUT2D eigenvalue weighted by molar-refractivity contribution is 4.90. The van der Waals surface area contributed by atoms with Crippen LogP contribution in [0, 0.1) is 17.2 Å². The third kappa shape index (κ3) is 4.66. The van der Waals surface area contributed by atoms with Crippen molar-refractivity contribution in [3.8, 4) is 6.07 Å². The average molecular weight is 209 g/mol. The maximum Gasteiger partial charge on any atom is 0.0733 e. The summed E-state index contributed by atoms with van der Waals surface area (Å²) in [5.74, 6) is 0.157. The third-order valence-corrected chi connectivity index (χ3v) is 3.20. The Hall–Kier alpha value is -0.550. The van der Waals surface area contributed by atoms with Crippen LogP contribution in [0.5, 0.6) is 0 Å². The van der Waals surface area contributed by atoms with E-state index in [0.717, 1.165) is 25.9 Å². The zero-order valence-electron chi connectivity index (χ0n) is 9.87. The van der Waals surface area contributed by atoms with Gasteiger partial charge in [0.25, 0.3) is 0 Å². The molecule has 1 aliphatic heterocycles. The molecule has 0 radical (unpaired) electrons. The second kappa shape index (κ2) is 7.70. The first-order valence-electron chi connectivity index (χ1n) is 6.39. The van der Waals surface area contributed by atoms with E-state index in [0.29, 0.717) is 0 Å². The average Bonchev–Trinajstić information content (AvgIpc) is 2.29. The van der Waals surface area contributed by atoms with Crippen LogP contribution in [0.4, 0.5) is 0 Å². The molecule has 0 N–H and O–H groups in total. The third-order valence-electron chi connectivity index (χ3n) is 3.20. The highest BCUT2D eigenvalue weighted by atomic mass is 16.5. The van der Waals surface area contributed by atoms with Gasteiger partial charge < -0.3 is 4.74 Å². The van der Waals surface area contributed by atoms with E-state index in [1.807, 2.05) is 0 Å². The van der Waals surface area contributed by atoms with Gasteiger partial charge in [-0.3, -0.25) is 0 Å². The van der Waals surface area contributed by atoms with Gasteiger partial charge in [0.2, 0.25) is 0 Å². The van der Waals surface area contributed by atoms with Gasteiger partial charge in [0.05, 0.1) is 18.1 Å². The van der Waals surface area contributed by atoms with E-state index in [4.69, 9.17) is 10.00 Å². The molecule has 0 aromatic carbocycles. The highest BCUT2D eigenvalue weighted by Gasteiger charge is 2.24. The van der Waals surface area contributed by atoms with Crippen molar-refractivity contribution < 1.29 is 4.74 Å². The van der Waals surface area contributed by atoms with E-state index in [-0.39, 0.29) is 12.0 Å². The number of ether oxygens (including phenoxy) is 1. The van der Waals surface area contributed by atoms with E-state index >= 15 is 0 Å². The Labute approximate surface area is 93.6 Å². The summed E-state index contributed by atoms with van der Waals surface area (Å²) < 4.78 is 5.67. The molecule has 0 saturated carbocycles. The summed E-state index contributed by atoms with van der Waals surface area (Å²) in [6.45, 7) is 3.09. The van der Waals surface area contributed by atoms with Crippen molar-refractivity contribution in [2.75, 3.05) is 6.61 Å². The van der Waals surface area contributed by atoms with E-state index in [1.54, 1.807) is 0 Å². The van der Waals surface area contributed by atoms with Crippen LogP contribution in [0.25, 0.3) is 0 Å². The largest absolute Gasteiger partial charge is 0.377 e. The van der Waals surface area contributed by atoms with Crippen molar-refractivity contribution in [1.29, 1.82) is 5.26 Å². The smallest absolute Gasteiger partial charge is 0.0733 e. The first-order valence-corrected chi connectivity index (χ1v) is 6.39. The lowest BCUT2D eigenvalue weighted by atomic mass is 9.92. The first-order chi connectivity index (χ1) is 7.38. The van der Waals surface area contributed by atoms with Crippen LogP contribution in [-0.4, -0.2) is 12.7 Å². The van der Waals surface area contributed by atoms with E-state index in [9.17, 15) is 0 Å². The van der Waals surface area contributed by atoms with Crippen LogP contribution in [0.15, 0.2) is 0 Å². The lowest BCUT2D eigenvalue weighted by Crippen LogP contribution is -2.28. The van der Waals surface area contributed by atoms with Crippen LogP contribution in [-0.2, 0) is 4.74 Å². The number of unbranched alkanes of at least 4 members (excludes halogenated alkanes) is 4. The van der Waals surface area contributed by atoms with Gasteiger partial charge in [-0.15, -0.1) is 0 Å². The SMILES string of the molecule is CCCCCCCC1OCCCC1C#N. The van der Waals surface area contributed by atoms with Crippen molar-refractivity contribution in [3.63, 3.8) is 0 Å². The van der Waals surface area contributed by atoms with Gasteiger partial charge in [-0.05, 0) is 19.3 Å². The topological polar surface area (TPSA) is 33.0 Å². The van der Waals surface area contributed by atoms with E-state index in [2.05, 4.69) is 13.0 Å². The minimum Gasteiger partial charge on any atom is -0.377 e. The Morgan fingerprint density at radius 1 is 1.27 bits per heavy atom. The molecule has 0 aromatic rings. The standard InChI is InChI=1S/C13H23NO/c1-2-3-4-5-6-9-13-12(11-14)8-7-10-15-13/h12-13H,2-10H2,1H3. The summed E-state index contributed by atoms with van der Waals surface area (Å²) in [4.78, 5) is 0. The maximum absolute atomic E-state index is 8.97. The second-order valence-electron chi connectivity index (χ2n) is 4.49. The molecule has 1 rings (SSSR count). The fraction of sp³-hybridized carbons (Fsp3) is 0.923. The summed E-state index contributed by atoms with van der Waals surface area (Å²) in [6, 6.07) is 2.38. The molecule has 15 heavy (non-hydrogen) atoms. The van der Waals surface area contributed by atoms with Gasteiger partial charge >= 0.3 is 0 Å². The minimum absolute atomic E-state index is 0.157. The Morgan fingerprint density at radius 2 is 2.07 bits per heavy atom. The van der Waals surface area contributed by atoms with Crippen molar-refractivity contribution >= 4 is 0 Å². The van der Waals surface area contributed by atoms with Crippen LogP contribution in [0.2, 0.25) is 0 Å². The van der Waals surface area contributed by atoms with Crippen molar-refractivity contribution in [2.24, 2.45) is 5.92 Å². The van der Waals surface area contributed by atoms with Gasteiger partial charge in [-0.25, -0.2) is 0 Å². The monoisotopic (exact) mass is 209 g/mol. The fourth-order valence-corrected chi connectivity index (χ4v) is 2.22. The van der Waals surface area contributed by atoms with Gasteiger partial charge in [0.15, 0.2) is 0 Å². The molecule has 1 saturated heterocycles. The molecule has 0 aromatic heterocycles. The van der Waals surface area contributed by atoms with Gasteiger partial charge in [-0.1, -0.05) is 39.0 Å². The highest BCUT2D eigenvalue weighted by Crippen LogP contribution is 2.24. The summed E-state index contributed by atoms with van der Waals surface area (Å²) in [7, 11) is 0. The molecule has 2 atom stereocenters. The van der Waals surface area contributed by atoms with Gasteiger partial charge in [0.1, 0.15) is 0 Å². The van der Waals surface area contributed by atoms with Crippen LogP contribution < -0.4 is 0 Å². The van der Waals surface area contributed by atoms with Gasteiger partial charge in [-0.2, -0.15) is 5.26 Å². The molecule has 86 valence electrons. The predicted molar refractivity (Wildman–Crippen MR) is 61.5 cm³/mol. The summed E-state index contributed by atoms with van der Waals surface area (Å²) in [5.41, 5.74) is 0. The zero-order chi connectivity index (χ0) is 10.9. The number of nitrogens with zero attached hydrogens (tertiary/aromatic N) is 1. The van der Waals surface area contributed by atoms with Crippen LogP contribution >= 0.6 is 0 Å². The fourth-order valence-electron chi connectivity index (χ4n) is 2.22. The molecule has 1 fully saturated rings. The van der Waals surface area contributed by atoms with E-state index in [1.165, 1.54) is 32.1 Å². The van der Waals surface area contributed by atoms with E-state index < -0.39 is 0 Å². The molecule has 2 unspecified atom stereocenters. The summed E-state index contributed by atoms with van der Waals surface area (Å²) >= 11 is 0. The second-order valence-corrected chi connectivity index (χ2v) is 4.49. The van der Waals surface area contributed by atoms with Gasteiger partial charge in [0, 0.05) is 6.61 Å². The van der Waals surface area contributed by atoms with Crippen molar-refractivity contribution in [3.05, 3.63) is 0 Å². The minimum atomic E-state index is 0.157. The molecule has 1 heterocycles. The molecule has 0 spiro atoms. The lowest BCUT2D eigenvalue weighted by molar-refractivity contribution is -0.0144. The summed E-state index contributed by atoms with van der Waals surface area (Å²) in [6.07, 6.45) is 9.90. The molecule has 2 nitrogen and oxygen atoms in total.